The molecule has 0 fully saturated rings. The second-order valence-electron chi connectivity index (χ2n) is 8.03. The number of halogens is 3. The molecule has 3 aromatic carbocycles. The van der Waals surface area contributed by atoms with E-state index in [1.807, 2.05) is 30.5 Å². The number of hydrogen-bond donors (Lipinski definition) is 3. The van der Waals surface area contributed by atoms with Crippen LogP contribution in [0.25, 0.3) is 22.0 Å². The molecule has 0 aliphatic rings. The van der Waals surface area contributed by atoms with Crippen molar-refractivity contribution in [2.45, 2.75) is 18.6 Å². The van der Waals surface area contributed by atoms with Gasteiger partial charge in [0, 0.05) is 41.3 Å². The first kappa shape index (κ1) is 24.1. The minimum absolute atomic E-state index is 0.108. The summed E-state index contributed by atoms with van der Waals surface area (Å²) in [4.78, 5) is 16.4. The van der Waals surface area contributed by atoms with Gasteiger partial charge < -0.3 is 20.8 Å². The molecular formula is C27H24F3N3O2. The van der Waals surface area contributed by atoms with Crippen LogP contribution in [0.3, 0.4) is 0 Å². The normalized spacial score (nSPS) is 12.3. The van der Waals surface area contributed by atoms with Crippen molar-refractivity contribution < 1.29 is 22.7 Å². The average molecular weight is 480 g/mol. The number of nitrogens with one attached hydrogen (secondary N) is 2. The van der Waals surface area contributed by atoms with Gasteiger partial charge in [0.25, 0.3) is 5.91 Å². The molecule has 4 rings (SSSR count). The molecule has 1 amide bonds. The van der Waals surface area contributed by atoms with Crippen molar-refractivity contribution in [1.29, 1.82) is 0 Å². The zero-order valence-electron chi connectivity index (χ0n) is 18.7. The maximum Gasteiger partial charge on any atom is 0.419 e. The number of rotatable bonds is 9. The highest BCUT2D eigenvalue weighted by molar-refractivity contribution is 5.98. The minimum atomic E-state index is -3.70. The summed E-state index contributed by atoms with van der Waals surface area (Å²) in [6, 6.07) is 17.1. The molecular weight excluding hydrogens is 455 g/mol. The molecule has 0 saturated carbocycles. The van der Waals surface area contributed by atoms with Crippen LogP contribution in [0, 0.1) is 5.82 Å². The van der Waals surface area contributed by atoms with Crippen LogP contribution in [0.1, 0.15) is 15.9 Å². The lowest BCUT2D eigenvalue weighted by Gasteiger charge is -2.20. The van der Waals surface area contributed by atoms with E-state index >= 15 is 0 Å². The fraction of sp³-hybridized carbons (Fsp3) is 0.148. The first-order valence-electron chi connectivity index (χ1n) is 11.0. The van der Waals surface area contributed by atoms with E-state index in [9.17, 15) is 18.0 Å². The SMILES string of the molecule is C=CC(F)(F)Oc1ccc(-c2ccccc2F)cc1C(=O)NC(CN)Cc1c[nH]c2ccccc12. The predicted molar refractivity (Wildman–Crippen MR) is 130 cm³/mol. The third-order valence-corrected chi connectivity index (χ3v) is 5.65. The lowest BCUT2D eigenvalue weighted by atomic mass is 10.0. The molecule has 180 valence electrons. The van der Waals surface area contributed by atoms with Crippen LogP contribution in [0.15, 0.2) is 85.6 Å². The number of aromatic nitrogens is 1. The number of aromatic amines is 1. The van der Waals surface area contributed by atoms with Crippen LogP contribution < -0.4 is 15.8 Å². The molecule has 0 bridgehead atoms. The molecule has 0 aliphatic carbocycles. The van der Waals surface area contributed by atoms with Gasteiger partial charge in [0.2, 0.25) is 0 Å². The molecule has 1 heterocycles. The highest BCUT2D eigenvalue weighted by Gasteiger charge is 2.29. The summed E-state index contributed by atoms with van der Waals surface area (Å²) in [7, 11) is 0. The lowest BCUT2D eigenvalue weighted by molar-refractivity contribution is -0.131. The van der Waals surface area contributed by atoms with E-state index in [0.717, 1.165) is 16.5 Å². The molecule has 0 spiro atoms. The van der Waals surface area contributed by atoms with E-state index in [1.165, 1.54) is 36.4 Å². The van der Waals surface area contributed by atoms with Crippen molar-refractivity contribution in [2.75, 3.05) is 6.54 Å². The molecule has 35 heavy (non-hydrogen) atoms. The van der Waals surface area contributed by atoms with Crippen molar-refractivity contribution in [3.63, 3.8) is 0 Å². The Morgan fingerprint density at radius 2 is 1.89 bits per heavy atom. The van der Waals surface area contributed by atoms with Crippen LogP contribution in [0.5, 0.6) is 5.75 Å². The summed E-state index contributed by atoms with van der Waals surface area (Å²) in [6.07, 6.45) is -1.11. The first-order chi connectivity index (χ1) is 16.8. The second-order valence-corrected chi connectivity index (χ2v) is 8.03. The highest BCUT2D eigenvalue weighted by atomic mass is 19.3. The number of hydrogen-bond acceptors (Lipinski definition) is 3. The van der Waals surface area contributed by atoms with Crippen LogP contribution in [0.4, 0.5) is 13.2 Å². The number of ether oxygens (including phenoxy) is 1. The van der Waals surface area contributed by atoms with E-state index in [-0.39, 0.29) is 23.4 Å². The fourth-order valence-electron chi connectivity index (χ4n) is 3.87. The molecule has 0 saturated heterocycles. The zero-order chi connectivity index (χ0) is 25.0. The Hall–Kier alpha value is -4.04. The van der Waals surface area contributed by atoms with Gasteiger partial charge in [-0.15, -0.1) is 0 Å². The number of H-pyrrole nitrogens is 1. The van der Waals surface area contributed by atoms with Crippen LogP contribution in [0.2, 0.25) is 0 Å². The van der Waals surface area contributed by atoms with Crippen LogP contribution in [-0.2, 0) is 6.42 Å². The number of benzene rings is 3. The largest absolute Gasteiger partial charge is 0.429 e. The standard InChI is InChI=1S/C27H24F3N3O2/c1-2-27(29,30)35-25-12-11-17(20-7-3-5-9-23(20)28)14-22(25)26(34)33-19(15-31)13-18-16-32-24-10-6-4-8-21(18)24/h2-12,14,16,19,32H,1,13,15,31H2,(H,33,34). The van der Waals surface area contributed by atoms with E-state index in [1.54, 1.807) is 6.07 Å². The monoisotopic (exact) mass is 479 g/mol. The van der Waals surface area contributed by atoms with Crippen LogP contribution >= 0.6 is 0 Å². The average Bonchev–Trinajstić information content (AvgIpc) is 3.26. The van der Waals surface area contributed by atoms with E-state index in [0.29, 0.717) is 18.1 Å². The van der Waals surface area contributed by atoms with Crippen molar-refractivity contribution in [1.82, 2.24) is 10.3 Å². The van der Waals surface area contributed by atoms with E-state index < -0.39 is 23.9 Å². The Morgan fingerprint density at radius 3 is 2.63 bits per heavy atom. The second kappa shape index (κ2) is 10.1. The first-order valence-corrected chi connectivity index (χ1v) is 11.0. The Kier molecular flexibility index (Phi) is 6.93. The predicted octanol–water partition coefficient (Wildman–Crippen LogP) is 5.43. The number of alkyl halides is 2. The third-order valence-electron chi connectivity index (χ3n) is 5.65. The highest BCUT2D eigenvalue weighted by Crippen LogP contribution is 2.32. The summed E-state index contributed by atoms with van der Waals surface area (Å²) in [6.45, 7) is 3.17. The fourth-order valence-corrected chi connectivity index (χ4v) is 3.87. The van der Waals surface area contributed by atoms with Gasteiger partial charge in [-0.2, -0.15) is 8.78 Å². The zero-order valence-corrected chi connectivity index (χ0v) is 18.7. The topological polar surface area (TPSA) is 80.1 Å². The number of fused-ring (bicyclic) bond motifs is 1. The Labute approximate surface area is 200 Å². The molecule has 4 aromatic rings. The quantitative estimate of drug-likeness (QED) is 0.280. The Bertz CT molecular complexity index is 1370. The van der Waals surface area contributed by atoms with Crippen LogP contribution in [-0.4, -0.2) is 29.6 Å². The van der Waals surface area contributed by atoms with Gasteiger partial charge in [0.1, 0.15) is 11.6 Å². The molecule has 8 heteroatoms. The summed E-state index contributed by atoms with van der Waals surface area (Å²) in [5.74, 6) is -1.55. The number of carbonyl (C=O) groups is 1. The molecule has 1 unspecified atom stereocenters. The smallest absolute Gasteiger partial charge is 0.419 e. The summed E-state index contributed by atoms with van der Waals surface area (Å²) in [5, 5.41) is 3.80. The van der Waals surface area contributed by atoms with Gasteiger partial charge in [-0.1, -0.05) is 49.0 Å². The third kappa shape index (κ3) is 5.38. The van der Waals surface area contributed by atoms with E-state index in [2.05, 4.69) is 16.9 Å². The summed E-state index contributed by atoms with van der Waals surface area (Å²) < 4.78 is 47.0. The van der Waals surface area contributed by atoms with Crippen molar-refractivity contribution in [3.05, 3.63) is 103 Å². The number of nitrogens with two attached hydrogens (primary N) is 1. The maximum atomic E-state index is 14.4. The lowest BCUT2D eigenvalue weighted by Crippen LogP contribution is -2.42. The molecule has 0 radical (unpaired) electrons. The van der Waals surface area contributed by atoms with Gasteiger partial charge >= 0.3 is 6.11 Å². The summed E-state index contributed by atoms with van der Waals surface area (Å²) >= 11 is 0. The molecule has 1 atom stereocenters. The molecule has 1 aromatic heterocycles. The number of carbonyl (C=O) groups excluding carboxylic acids is 1. The van der Waals surface area contributed by atoms with Gasteiger partial charge in [-0.05, 0) is 41.8 Å². The molecule has 5 nitrogen and oxygen atoms in total. The Morgan fingerprint density at radius 1 is 1.14 bits per heavy atom. The van der Waals surface area contributed by atoms with Gasteiger partial charge in [-0.3, -0.25) is 4.79 Å². The van der Waals surface area contributed by atoms with Gasteiger partial charge in [0.15, 0.2) is 0 Å². The van der Waals surface area contributed by atoms with Gasteiger partial charge in [0.05, 0.1) is 5.56 Å². The van der Waals surface area contributed by atoms with E-state index in [4.69, 9.17) is 10.5 Å². The van der Waals surface area contributed by atoms with Crippen molar-refractivity contribution in [2.24, 2.45) is 5.73 Å². The minimum Gasteiger partial charge on any atom is -0.429 e. The number of amides is 1. The van der Waals surface area contributed by atoms with Crippen molar-refractivity contribution >= 4 is 16.8 Å². The summed E-state index contributed by atoms with van der Waals surface area (Å²) in [5.41, 5.74) is 8.20. The molecule has 4 N–H and O–H groups in total. The molecule has 0 aliphatic heterocycles. The van der Waals surface area contributed by atoms with Crippen molar-refractivity contribution in [3.8, 4) is 16.9 Å². The Balaban J connectivity index is 1.65. The number of para-hydroxylation sites is 1. The van der Waals surface area contributed by atoms with Gasteiger partial charge in [-0.25, -0.2) is 4.39 Å². The maximum absolute atomic E-state index is 14.4.